The maximum Gasteiger partial charge on any atom is 0.269 e. The van der Waals surface area contributed by atoms with Crippen LogP contribution < -0.4 is 0 Å². The van der Waals surface area contributed by atoms with Crippen LogP contribution in [0, 0.1) is 24.0 Å². The minimum absolute atomic E-state index is 0.0596. The smallest absolute Gasteiger partial charge is 0.269 e. The number of hydrogen-bond donors (Lipinski definition) is 0. The van der Waals surface area contributed by atoms with Gasteiger partial charge in [-0.2, -0.15) is 0 Å². The van der Waals surface area contributed by atoms with Gasteiger partial charge in [-0.05, 0) is 31.5 Å². The molecule has 0 saturated heterocycles. The molecule has 0 unspecified atom stereocenters. The fourth-order valence-corrected chi connectivity index (χ4v) is 2.35. The lowest BCUT2D eigenvalue weighted by atomic mass is 10.1. The first-order chi connectivity index (χ1) is 10.3. The van der Waals surface area contributed by atoms with Crippen molar-refractivity contribution < 1.29 is 14.1 Å². The van der Waals surface area contributed by atoms with Crippen LogP contribution in [0.15, 0.2) is 28.7 Å². The molecular weight excluding hydrogens is 308 g/mol. The number of rotatable bonds is 4. The van der Waals surface area contributed by atoms with Crippen LogP contribution in [-0.4, -0.2) is 22.8 Å². The van der Waals surface area contributed by atoms with E-state index in [-0.39, 0.29) is 18.1 Å². The zero-order valence-corrected chi connectivity index (χ0v) is 13.2. The van der Waals surface area contributed by atoms with Crippen molar-refractivity contribution >= 4 is 23.2 Å². The molecule has 0 spiro atoms. The van der Waals surface area contributed by atoms with E-state index >= 15 is 0 Å². The maximum atomic E-state index is 12.4. The molecule has 7 heteroatoms. The molecule has 0 aliphatic heterocycles. The van der Waals surface area contributed by atoms with Crippen molar-refractivity contribution in [2.45, 2.75) is 20.4 Å². The van der Waals surface area contributed by atoms with E-state index in [4.69, 9.17) is 16.0 Å². The third kappa shape index (κ3) is 3.28. The van der Waals surface area contributed by atoms with Gasteiger partial charge in [0.2, 0.25) is 0 Å². The molecule has 6 nitrogen and oxygen atoms in total. The molecule has 0 saturated carbocycles. The Hall–Kier alpha value is -2.34. The highest BCUT2D eigenvalue weighted by Crippen LogP contribution is 2.24. The van der Waals surface area contributed by atoms with Crippen LogP contribution in [0.1, 0.15) is 27.4 Å². The number of nitro benzene ring substituents is 1. The van der Waals surface area contributed by atoms with E-state index in [1.807, 2.05) is 0 Å². The minimum atomic E-state index is -0.495. The summed E-state index contributed by atoms with van der Waals surface area (Å²) in [4.78, 5) is 24.2. The highest BCUT2D eigenvalue weighted by molar-refractivity contribution is 6.31. The second-order valence-electron chi connectivity index (χ2n) is 5.02. The van der Waals surface area contributed by atoms with Crippen molar-refractivity contribution in [1.82, 2.24) is 4.90 Å². The molecule has 116 valence electrons. The van der Waals surface area contributed by atoms with Gasteiger partial charge >= 0.3 is 0 Å². The highest BCUT2D eigenvalue weighted by atomic mass is 35.5. The first kappa shape index (κ1) is 16.0. The minimum Gasteiger partial charge on any atom is -0.466 e. The number of amides is 1. The average molecular weight is 323 g/mol. The molecule has 22 heavy (non-hydrogen) atoms. The van der Waals surface area contributed by atoms with Crippen molar-refractivity contribution in [3.8, 4) is 0 Å². The predicted octanol–water partition coefficient (Wildman–Crippen LogP) is 3.73. The lowest BCUT2D eigenvalue weighted by molar-refractivity contribution is -0.384. The number of benzene rings is 1. The first-order valence-electron chi connectivity index (χ1n) is 6.55. The van der Waals surface area contributed by atoms with Crippen molar-refractivity contribution in [3.63, 3.8) is 0 Å². The number of nitrogens with zero attached hydrogens (tertiary/aromatic N) is 2. The van der Waals surface area contributed by atoms with Crippen LogP contribution >= 0.6 is 11.6 Å². The molecule has 0 radical (unpaired) electrons. The van der Waals surface area contributed by atoms with Gasteiger partial charge in [0.15, 0.2) is 0 Å². The van der Waals surface area contributed by atoms with Gasteiger partial charge in [0.25, 0.3) is 11.6 Å². The number of carbonyl (C=O) groups is 1. The van der Waals surface area contributed by atoms with Gasteiger partial charge in [-0.15, -0.1) is 0 Å². The lowest BCUT2D eigenvalue weighted by Crippen LogP contribution is -2.26. The Morgan fingerprint density at radius 1 is 1.36 bits per heavy atom. The van der Waals surface area contributed by atoms with Crippen molar-refractivity contribution in [3.05, 3.63) is 62.0 Å². The largest absolute Gasteiger partial charge is 0.466 e. The van der Waals surface area contributed by atoms with E-state index in [9.17, 15) is 14.9 Å². The van der Waals surface area contributed by atoms with Gasteiger partial charge in [0.05, 0.1) is 10.5 Å². The molecule has 2 rings (SSSR count). The van der Waals surface area contributed by atoms with Gasteiger partial charge in [-0.25, -0.2) is 0 Å². The molecule has 0 bridgehead atoms. The number of carbonyl (C=O) groups excluding carboxylic acids is 1. The van der Waals surface area contributed by atoms with Crippen LogP contribution in [-0.2, 0) is 6.54 Å². The predicted molar refractivity (Wildman–Crippen MR) is 82.1 cm³/mol. The summed E-state index contributed by atoms with van der Waals surface area (Å²) >= 11 is 6.05. The number of nitro groups is 1. The third-order valence-electron chi connectivity index (χ3n) is 3.27. The molecule has 0 N–H and O–H groups in total. The molecular formula is C15H15ClN2O4. The molecule has 2 aromatic rings. The summed E-state index contributed by atoms with van der Waals surface area (Å²) in [7, 11) is 1.61. The molecule has 1 heterocycles. The molecule has 0 aliphatic rings. The van der Waals surface area contributed by atoms with Crippen LogP contribution in [0.3, 0.4) is 0 Å². The number of hydrogen-bond acceptors (Lipinski definition) is 4. The van der Waals surface area contributed by atoms with Crippen molar-refractivity contribution in [2.24, 2.45) is 0 Å². The number of furan rings is 1. The zero-order valence-electron chi connectivity index (χ0n) is 12.4. The van der Waals surface area contributed by atoms with E-state index in [1.165, 1.54) is 23.1 Å². The van der Waals surface area contributed by atoms with E-state index in [0.29, 0.717) is 27.7 Å². The Morgan fingerprint density at radius 2 is 2.05 bits per heavy atom. The Kier molecular flexibility index (Phi) is 4.51. The SMILES string of the molecule is Cc1cc(C(=O)N(C)Cc2cc([N+](=O)[O-])ccc2Cl)c(C)o1. The summed E-state index contributed by atoms with van der Waals surface area (Å²) in [5.41, 5.74) is 0.932. The van der Waals surface area contributed by atoms with Crippen LogP contribution in [0.25, 0.3) is 0 Å². The quantitative estimate of drug-likeness (QED) is 0.634. The molecule has 0 atom stereocenters. The zero-order chi connectivity index (χ0) is 16.4. The van der Waals surface area contributed by atoms with Crippen LogP contribution in [0.2, 0.25) is 5.02 Å². The second-order valence-corrected chi connectivity index (χ2v) is 5.43. The van der Waals surface area contributed by atoms with Gasteiger partial charge in [0, 0.05) is 30.7 Å². The van der Waals surface area contributed by atoms with Crippen molar-refractivity contribution in [2.75, 3.05) is 7.05 Å². The summed E-state index contributed by atoms with van der Waals surface area (Å²) in [6.45, 7) is 3.65. The average Bonchev–Trinajstić information content (AvgIpc) is 2.78. The fourth-order valence-electron chi connectivity index (χ4n) is 2.17. The van der Waals surface area contributed by atoms with Gasteiger partial charge in [-0.3, -0.25) is 14.9 Å². The summed E-state index contributed by atoms with van der Waals surface area (Å²) in [5.74, 6) is 0.971. The van der Waals surface area contributed by atoms with Crippen LogP contribution in [0.4, 0.5) is 5.69 Å². The summed E-state index contributed by atoms with van der Waals surface area (Å²) in [6, 6.07) is 5.83. The highest BCUT2D eigenvalue weighted by Gasteiger charge is 2.19. The van der Waals surface area contributed by atoms with Gasteiger partial charge in [0.1, 0.15) is 11.5 Å². The number of non-ortho nitro benzene ring substituents is 1. The van der Waals surface area contributed by atoms with E-state index in [1.54, 1.807) is 27.0 Å². The number of aryl methyl sites for hydroxylation is 2. The summed E-state index contributed by atoms with van der Waals surface area (Å²) < 4.78 is 5.35. The maximum absolute atomic E-state index is 12.4. The molecule has 0 fully saturated rings. The van der Waals surface area contributed by atoms with Crippen LogP contribution in [0.5, 0.6) is 0 Å². The summed E-state index contributed by atoms with van der Waals surface area (Å²) in [6.07, 6.45) is 0. The summed E-state index contributed by atoms with van der Waals surface area (Å²) in [5, 5.41) is 11.2. The second kappa shape index (κ2) is 6.19. The molecule has 1 amide bonds. The van der Waals surface area contributed by atoms with Gasteiger partial charge < -0.3 is 9.32 Å². The normalized spacial score (nSPS) is 10.5. The Bertz CT molecular complexity index is 739. The third-order valence-corrected chi connectivity index (χ3v) is 3.63. The van der Waals surface area contributed by atoms with Crippen molar-refractivity contribution in [1.29, 1.82) is 0 Å². The molecule has 0 aliphatic carbocycles. The van der Waals surface area contributed by atoms with E-state index in [0.717, 1.165) is 0 Å². The lowest BCUT2D eigenvalue weighted by Gasteiger charge is -2.17. The Morgan fingerprint density at radius 3 is 2.59 bits per heavy atom. The standard InChI is InChI=1S/C15H15ClN2O4/c1-9-6-13(10(2)22-9)15(19)17(3)8-11-7-12(18(20)21)4-5-14(11)16/h4-7H,8H2,1-3H3. The Balaban J connectivity index is 2.23. The van der Waals surface area contributed by atoms with Gasteiger partial charge in [-0.1, -0.05) is 11.6 Å². The molecule has 1 aromatic carbocycles. The fraction of sp³-hybridized carbons (Fsp3) is 0.267. The first-order valence-corrected chi connectivity index (χ1v) is 6.92. The van der Waals surface area contributed by atoms with E-state index in [2.05, 4.69) is 0 Å². The topological polar surface area (TPSA) is 76.6 Å². The number of halogens is 1. The van der Waals surface area contributed by atoms with E-state index < -0.39 is 4.92 Å². The molecule has 1 aromatic heterocycles. The monoisotopic (exact) mass is 322 g/mol. The Labute approximate surface area is 132 Å².